The number of benzene rings is 2. The molecule has 2 aromatic rings. The molecule has 0 saturated heterocycles. The number of nitrogens with one attached hydrogen (secondary N) is 1. The van der Waals surface area contributed by atoms with Gasteiger partial charge in [0.15, 0.2) is 0 Å². The van der Waals surface area contributed by atoms with Crippen molar-refractivity contribution >= 4 is 39.9 Å². The first-order valence-electron chi connectivity index (χ1n) is 5.71. The van der Waals surface area contributed by atoms with E-state index in [9.17, 15) is 10.2 Å². The van der Waals surface area contributed by atoms with E-state index in [1.165, 1.54) is 6.07 Å². The van der Waals surface area contributed by atoms with Crippen molar-refractivity contribution in [2.45, 2.75) is 13.0 Å². The third-order valence-corrected chi connectivity index (χ3v) is 3.91. The normalized spacial score (nSPS) is 12.2. The van der Waals surface area contributed by atoms with Gasteiger partial charge in [-0.05, 0) is 59.8 Å². The molecule has 0 amide bonds. The highest BCUT2D eigenvalue weighted by molar-refractivity contribution is 14.1. The van der Waals surface area contributed by atoms with Gasteiger partial charge in [0.05, 0.1) is 6.04 Å². The lowest BCUT2D eigenvalue weighted by molar-refractivity contribution is 0.444. The summed E-state index contributed by atoms with van der Waals surface area (Å²) in [5.41, 5.74) is 1.67. The molecule has 0 spiro atoms. The van der Waals surface area contributed by atoms with Gasteiger partial charge in [0, 0.05) is 25.9 Å². The molecular formula is C14H13ClINO2. The van der Waals surface area contributed by atoms with Crippen molar-refractivity contribution in [3.05, 3.63) is 50.6 Å². The molecule has 0 saturated carbocycles. The average molecular weight is 390 g/mol. The topological polar surface area (TPSA) is 52.5 Å². The van der Waals surface area contributed by atoms with Crippen LogP contribution in [0.4, 0.5) is 5.69 Å². The summed E-state index contributed by atoms with van der Waals surface area (Å²) in [6.07, 6.45) is 0. The standard InChI is InChI=1S/C14H13ClINO2/c1-8(11-4-3-10(18)7-14(11)19)17-13-5-2-9(15)6-12(13)16/h2-8,17-19H,1H3. The van der Waals surface area contributed by atoms with Crippen LogP contribution >= 0.6 is 34.2 Å². The molecule has 0 aromatic heterocycles. The fraction of sp³-hybridized carbons (Fsp3) is 0.143. The molecule has 0 aliphatic rings. The van der Waals surface area contributed by atoms with Gasteiger partial charge in [-0.2, -0.15) is 0 Å². The Bertz CT molecular complexity index is 604. The minimum atomic E-state index is -0.0877. The SMILES string of the molecule is CC(Nc1ccc(Cl)cc1I)c1ccc(O)cc1O. The summed E-state index contributed by atoms with van der Waals surface area (Å²) in [7, 11) is 0. The first-order chi connectivity index (χ1) is 8.97. The van der Waals surface area contributed by atoms with Crippen LogP contribution in [0.5, 0.6) is 11.5 Å². The number of hydrogen-bond donors (Lipinski definition) is 3. The lowest BCUT2D eigenvalue weighted by Crippen LogP contribution is -2.07. The second kappa shape index (κ2) is 5.88. The molecule has 5 heteroatoms. The zero-order valence-corrected chi connectivity index (χ0v) is 13.1. The maximum atomic E-state index is 9.83. The second-order valence-corrected chi connectivity index (χ2v) is 5.83. The van der Waals surface area contributed by atoms with E-state index in [4.69, 9.17) is 11.6 Å². The molecule has 0 heterocycles. The highest BCUT2D eigenvalue weighted by Gasteiger charge is 2.12. The molecule has 3 nitrogen and oxygen atoms in total. The van der Waals surface area contributed by atoms with Crippen molar-refractivity contribution in [1.82, 2.24) is 0 Å². The van der Waals surface area contributed by atoms with Crippen LogP contribution in [0.3, 0.4) is 0 Å². The second-order valence-electron chi connectivity index (χ2n) is 4.23. The summed E-state index contributed by atoms with van der Waals surface area (Å²) in [6, 6.07) is 10.1. The van der Waals surface area contributed by atoms with Crippen LogP contribution in [0, 0.1) is 3.57 Å². The van der Waals surface area contributed by atoms with Gasteiger partial charge in [0.1, 0.15) is 11.5 Å². The molecule has 2 rings (SSSR count). The summed E-state index contributed by atoms with van der Waals surface area (Å²) >= 11 is 8.12. The quantitative estimate of drug-likeness (QED) is 0.676. The van der Waals surface area contributed by atoms with E-state index >= 15 is 0 Å². The van der Waals surface area contributed by atoms with E-state index in [1.807, 2.05) is 25.1 Å². The predicted molar refractivity (Wildman–Crippen MR) is 86.0 cm³/mol. The first kappa shape index (κ1) is 14.3. The van der Waals surface area contributed by atoms with E-state index < -0.39 is 0 Å². The zero-order valence-electron chi connectivity index (χ0n) is 10.2. The Labute approximate surface area is 130 Å². The molecule has 1 atom stereocenters. The highest BCUT2D eigenvalue weighted by atomic mass is 127. The number of anilines is 1. The number of phenolic OH excluding ortho intramolecular Hbond substituents is 2. The lowest BCUT2D eigenvalue weighted by Gasteiger charge is -2.18. The highest BCUT2D eigenvalue weighted by Crippen LogP contribution is 2.31. The summed E-state index contributed by atoms with van der Waals surface area (Å²) in [4.78, 5) is 0. The Balaban J connectivity index is 2.23. The molecule has 100 valence electrons. The van der Waals surface area contributed by atoms with E-state index in [0.29, 0.717) is 5.02 Å². The molecule has 0 bridgehead atoms. The molecule has 3 N–H and O–H groups in total. The van der Waals surface area contributed by atoms with Gasteiger partial charge >= 0.3 is 0 Å². The van der Waals surface area contributed by atoms with Gasteiger partial charge in [-0.1, -0.05) is 11.6 Å². The van der Waals surface area contributed by atoms with E-state index in [0.717, 1.165) is 14.8 Å². The zero-order chi connectivity index (χ0) is 14.0. The largest absolute Gasteiger partial charge is 0.508 e. The monoisotopic (exact) mass is 389 g/mol. The van der Waals surface area contributed by atoms with Crippen LogP contribution in [-0.2, 0) is 0 Å². The Morgan fingerprint density at radius 3 is 2.53 bits per heavy atom. The van der Waals surface area contributed by atoms with Crippen molar-refractivity contribution < 1.29 is 10.2 Å². The third kappa shape index (κ3) is 3.45. The van der Waals surface area contributed by atoms with Crippen LogP contribution in [0.1, 0.15) is 18.5 Å². The van der Waals surface area contributed by atoms with Crippen molar-refractivity contribution in [1.29, 1.82) is 0 Å². The van der Waals surface area contributed by atoms with Crippen molar-refractivity contribution in [3.8, 4) is 11.5 Å². The van der Waals surface area contributed by atoms with E-state index in [2.05, 4.69) is 27.9 Å². The van der Waals surface area contributed by atoms with Crippen LogP contribution in [0.15, 0.2) is 36.4 Å². The van der Waals surface area contributed by atoms with Crippen molar-refractivity contribution in [2.75, 3.05) is 5.32 Å². The number of phenols is 2. The molecular weight excluding hydrogens is 377 g/mol. The average Bonchev–Trinajstić information content (AvgIpc) is 2.32. The van der Waals surface area contributed by atoms with Gasteiger partial charge in [-0.3, -0.25) is 0 Å². The van der Waals surface area contributed by atoms with E-state index in [-0.39, 0.29) is 17.5 Å². The Kier molecular flexibility index (Phi) is 4.42. The maximum absolute atomic E-state index is 9.83. The van der Waals surface area contributed by atoms with Crippen molar-refractivity contribution in [3.63, 3.8) is 0 Å². The maximum Gasteiger partial charge on any atom is 0.124 e. The summed E-state index contributed by atoms with van der Waals surface area (Å²) < 4.78 is 1.01. The third-order valence-electron chi connectivity index (χ3n) is 2.78. The van der Waals surface area contributed by atoms with Gasteiger partial charge in [0.2, 0.25) is 0 Å². The van der Waals surface area contributed by atoms with E-state index in [1.54, 1.807) is 12.1 Å². The number of halogens is 2. The van der Waals surface area contributed by atoms with Gasteiger partial charge in [0.25, 0.3) is 0 Å². The number of hydrogen-bond acceptors (Lipinski definition) is 3. The molecule has 1 unspecified atom stereocenters. The summed E-state index contributed by atoms with van der Waals surface area (Å²) in [5, 5.41) is 23.1. The van der Waals surface area contributed by atoms with Crippen LogP contribution in [0.25, 0.3) is 0 Å². The first-order valence-corrected chi connectivity index (χ1v) is 7.16. The number of rotatable bonds is 3. The van der Waals surface area contributed by atoms with Crippen molar-refractivity contribution in [2.24, 2.45) is 0 Å². The summed E-state index contributed by atoms with van der Waals surface area (Å²) in [6.45, 7) is 1.94. The minimum Gasteiger partial charge on any atom is -0.508 e. The van der Waals surface area contributed by atoms with Crippen LogP contribution < -0.4 is 5.32 Å². The van der Waals surface area contributed by atoms with Gasteiger partial charge in [-0.25, -0.2) is 0 Å². The minimum absolute atomic E-state index is 0.0505. The molecule has 0 aliphatic heterocycles. The van der Waals surface area contributed by atoms with Gasteiger partial charge in [-0.15, -0.1) is 0 Å². The molecule has 0 fully saturated rings. The van der Waals surface area contributed by atoms with Crippen LogP contribution in [0.2, 0.25) is 5.02 Å². The lowest BCUT2D eigenvalue weighted by atomic mass is 10.1. The molecule has 0 aliphatic carbocycles. The Hall–Kier alpha value is -1.14. The fourth-order valence-electron chi connectivity index (χ4n) is 1.82. The predicted octanol–water partition coefficient (Wildman–Crippen LogP) is 4.53. The summed E-state index contributed by atoms with van der Waals surface area (Å²) in [5.74, 6) is 0.124. The Morgan fingerprint density at radius 1 is 1.16 bits per heavy atom. The molecule has 2 aromatic carbocycles. The van der Waals surface area contributed by atoms with Crippen LogP contribution in [-0.4, -0.2) is 10.2 Å². The Morgan fingerprint density at radius 2 is 1.89 bits per heavy atom. The fourth-order valence-corrected chi connectivity index (χ4v) is 2.84. The number of aromatic hydroxyl groups is 2. The van der Waals surface area contributed by atoms with Gasteiger partial charge < -0.3 is 15.5 Å². The molecule has 0 radical (unpaired) electrons. The molecule has 19 heavy (non-hydrogen) atoms. The smallest absolute Gasteiger partial charge is 0.124 e.